The van der Waals surface area contributed by atoms with E-state index in [0.29, 0.717) is 36.9 Å². The Labute approximate surface area is 154 Å². The number of ether oxygens (including phenoxy) is 3. The normalized spacial score (nSPS) is 17.5. The number of benzene rings is 1. The van der Waals surface area contributed by atoms with E-state index in [2.05, 4.69) is 0 Å². The third kappa shape index (κ3) is 3.79. The van der Waals surface area contributed by atoms with Crippen LogP contribution in [-0.4, -0.2) is 49.4 Å². The minimum absolute atomic E-state index is 0.245. The zero-order valence-corrected chi connectivity index (χ0v) is 16.0. The van der Waals surface area contributed by atoms with Crippen LogP contribution < -0.4 is 4.74 Å². The molecule has 0 radical (unpaired) electrons. The van der Waals surface area contributed by atoms with Crippen LogP contribution in [0, 0.1) is 0 Å². The van der Waals surface area contributed by atoms with Crippen molar-refractivity contribution < 1.29 is 23.8 Å². The molecule has 0 aromatic heterocycles. The second kappa shape index (κ2) is 7.17. The summed E-state index contributed by atoms with van der Waals surface area (Å²) in [4.78, 5) is 25.9. The Bertz CT molecular complexity index is 699. The first-order valence-electron chi connectivity index (χ1n) is 9.15. The molecule has 0 unspecified atom stereocenters. The number of esters is 1. The lowest BCUT2D eigenvalue weighted by Crippen LogP contribution is -2.41. The Hall–Kier alpha value is -2.24. The topological polar surface area (TPSA) is 65.1 Å². The number of piperidine rings is 1. The number of carbonyl (C=O) groups is 2. The minimum Gasteiger partial charge on any atom is -0.492 e. The SMILES string of the molecule is COC(=O)c1ccc(C2CCN(C(=O)OC(C)(C)C)CC2)c2c1OCC2. The Morgan fingerprint density at radius 2 is 1.88 bits per heavy atom. The Balaban J connectivity index is 1.72. The van der Waals surface area contributed by atoms with E-state index in [9.17, 15) is 9.59 Å². The van der Waals surface area contributed by atoms with Gasteiger partial charge in [-0.15, -0.1) is 0 Å². The largest absolute Gasteiger partial charge is 0.492 e. The maximum atomic E-state index is 12.2. The molecule has 0 saturated carbocycles. The summed E-state index contributed by atoms with van der Waals surface area (Å²) in [6.45, 7) is 7.58. The second-order valence-electron chi connectivity index (χ2n) is 7.84. The van der Waals surface area contributed by atoms with E-state index >= 15 is 0 Å². The monoisotopic (exact) mass is 361 g/mol. The molecule has 6 nitrogen and oxygen atoms in total. The maximum absolute atomic E-state index is 12.2. The summed E-state index contributed by atoms with van der Waals surface area (Å²) in [5.74, 6) is 0.661. The van der Waals surface area contributed by atoms with Gasteiger partial charge in [0.25, 0.3) is 0 Å². The summed E-state index contributed by atoms with van der Waals surface area (Å²) in [5, 5.41) is 0. The van der Waals surface area contributed by atoms with Crippen LogP contribution in [0.1, 0.15) is 61.0 Å². The number of carbonyl (C=O) groups excluding carboxylic acids is 2. The van der Waals surface area contributed by atoms with Crippen LogP contribution in [0.5, 0.6) is 5.75 Å². The highest BCUT2D eigenvalue weighted by molar-refractivity contribution is 5.93. The van der Waals surface area contributed by atoms with Crippen LogP contribution in [0.15, 0.2) is 12.1 Å². The number of likely N-dealkylation sites (tertiary alicyclic amines) is 1. The first kappa shape index (κ1) is 18.5. The van der Waals surface area contributed by atoms with Crippen molar-refractivity contribution in [3.63, 3.8) is 0 Å². The molecule has 0 spiro atoms. The average Bonchev–Trinajstić information content (AvgIpc) is 3.08. The predicted octanol–water partition coefficient (Wildman–Crippen LogP) is 3.52. The van der Waals surface area contributed by atoms with E-state index in [4.69, 9.17) is 14.2 Å². The number of amides is 1. The number of hydrogen-bond acceptors (Lipinski definition) is 5. The van der Waals surface area contributed by atoms with Crippen LogP contribution in [0.4, 0.5) is 4.79 Å². The van der Waals surface area contributed by atoms with Gasteiger partial charge in [-0.25, -0.2) is 9.59 Å². The molecule has 0 aliphatic carbocycles. The Kier molecular flexibility index (Phi) is 5.12. The van der Waals surface area contributed by atoms with Gasteiger partial charge in [0.1, 0.15) is 16.9 Å². The molecule has 142 valence electrons. The molecule has 1 amide bonds. The van der Waals surface area contributed by atoms with Crippen LogP contribution in [0.25, 0.3) is 0 Å². The van der Waals surface area contributed by atoms with Gasteiger partial charge in [0, 0.05) is 25.1 Å². The molecule has 2 heterocycles. The van der Waals surface area contributed by atoms with Gasteiger partial charge in [0.05, 0.1) is 13.7 Å². The first-order chi connectivity index (χ1) is 12.3. The van der Waals surface area contributed by atoms with Gasteiger partial charge in [-0.1, -0.05) is 6.07 Å². The molecular formula is C20H27NO5. The van der Waals surface area contributed by atoms with Gasteiger partial charge in [-0.05, 0) is 51.2 Å². The quantitative estimate of drug-likeness (QED) is 0.754. The molecular weight excluding hydrogens is 334 g/mol. The predicted molar refractivity (Wildman–Crippen MR) is 96.8 cm³/mol. The zero-order valence-electron chi connectivity index (χ0n) is 16.0. The van der Waals surface area contributed by atoms with E-state index < -0.39 is 5.60 Å². The summed E-state index contributed by atoms with van der Waals surface area (Å²) >= 11 is 0. The average molecular weight is 361 g/mol. The first-order valence-corrected chi connectivity index (χ1v) is 9.15. The molecule has 0 atom stereocenters. The molecule has 2 aliphatic heterocycles. The fraction of sp³-hybridized carbons (Fsp3) is 0.600. The van der Waals surface area contributed by atoms with Crippen molar-refractivity contribution in [1.29, 1.82) is 0 Å². The van der Waals surface area contributed by atoms with E-state index in [-0.39, 0.29) is 12.1 Å². The molecule has 0 N–H and O–H groups in total. The van der Waals surface area contributed by atoms with Crippen LogP contribution in [0.3, 0.4) is 0 Å². The van der Waals surface area contributed by atoms with Crippen molar-refractivity contribution >= 4 is 12.1 Å². The molecule has 26 heavy (non-hydrogen) atoms. The van der Waals surface area contributed by atoms with Crippen molar-refractivity contribution in [2.45, 2.75) is 51.6 Å². The summed E-state index contributed by atoms with van der Waals surface area (Å²) in [5.41, 5.74) is 2.36. The summed E-state index contributed by atoms with van der Waals surface area (Å²) in [7, 11) is 1.38. The van der Waals surface area contributed by atoms with E-state index in [0.717, 1.165) is 24.8 Å². The minimum atomic E-state index is -0.476. The fourth-order valence-corrected chi connectivity index (χ4v) is 3.67. The fourth-order valence-electron chi connectivity index (χ4n) is 3.67. The molecule has 2 aliphatic rings. The highest BCUT2D eigenvalue weighted by atomic mass is 16.6. The van der Waals surface area contributed by atoms with E-state index in [1.165, 1.54) is 12.7 Å². The molecule has 1 saturated heterocycles. The van der Waals surface area contributed by atoms with E-state index in [1.807, 2.05) is 26.8 Å². The van der Waals surface area contributed by atoms with Gasteiger partial charge in [-0.3, -0.25) is 0 Å². The van der Waals surface area contributed by atoms with Crippen LogP contribution in [0.2, 0.25) is 0 Å². The van der Waals surface area contributed by atoms with Crippen molar-refractivity contribution in [3.05, 3.63) is 28.8 Å². The molecule has 1 fully saturated rings. The molecule has 1 aromatic carbocycles. The highest BCUT2D eigenvalue weighted by Crippen LogP contribution is 2.39. The van der Waals surface area contributed by atoms with Gasteiger partial charge >= 0.3 is 12.1 Å². The third-order valence-corrected chi connectivity index (χ3v) is 4.89. The van der Waals surface area contributed by atoms with Gasteiger partial charge in [0.2, 0.25) is 0 Å². The second-order valence-corrected chi connectivity index (χ2v) is 7.84. The van der Waals surface area contributed by atoms with E-state index in [1.54, 1.807) is 11.0 Å². The summed E-state index contributed by atoms with van der Waals surface area (Å²) in [6, 6.07) is 3.82. The van der Waals surface area contributed by atoms with Crippen molar-refractivity contribution in [2.75, 3.05) is 26.8 Å². The Morgan fingerprint density at radius 1 is 1.19 bits per heavy atom. The van der Waals surface area contributed by atoms with Gasteiger partial charge in [0.15, 0.2) is 0 Å². The molecule has 6 heteroatoms. The van der Waals surface area contributed by atoms with Crippen LogP contribution >= 0.6 is 0 Å². The van der Waals surface area contributed by atoms with Crippen molar-refractivity contribution in [1.82, 2.24) is 4.90 Å². The number of methoxy groups -OCH3 is 1. The van der Waals surface area contributed by atoms with Crippen molar-refractivity contribution in [3.8, 4) is 5.75 Å². The highest BCUT2D eigenvalue weighted by Gasteiger charge is 2.31. The standard InChI is InChI=1S/C20H27NO5/c1-20(2,3)26-19(23)21-10-7-13(8-11-21)14-5-6-16(18(22)24-4)17-15(14)9-12-25-17/h5-6,13H,7-12H2,1-4H3. The summed E-state index contributed by atoms with van der Waals surface area (Å²) in [6.07, 6.45) is 2.32. The lowest BCUT2D eigenvalue weighted by Gasteiger charge is -2.34. The number of fused-ring (bicyclic) bond motifs is 1. The maximum Gasteiger partial charge on any atom is 0.410 e. The van der Waals surface area contributed by atoms with Gasteiger partial charge in [-0.2, -0.15) is 0 Å². The van der Waals surface area contributed by atoms with Crippen molar-refractivity contribution in [2.24, 2.45) is 0 Å². The molecule has 3 rings (SSSR count). The van der Waals surface area contributed by atoms with Gasteiger partial charge < -0.3 is 19.1 Å². The van der Waals surface area contributed by atoms with Crippen LogP contribution in [-0.2, 0) is 15.9 Å². The lowest BCUT2D eigenvalue weighted by atomic mass is 9.85. The Morgan fingerprint density at radius 3 is 2.50 bits per heavy atom. The number of hydrogen-bond donors (Lipinski definition) is 0. The zero-order chi connectivity index (χ0) is 18.9. The molecule has 1 aromatic rings. The smallest absolute Gasteiger partial charge is 0.410 e. The number of nitrogens with zero attached hydrogens (tertiary/aromatic N) is 1. The molecule has 0 bridgehead atoms. The number of rotatable bonds is 2. The summed E-state index contributed by atoms with van der Waals surface area (Å²) < 4.78 is 16.0. The third-order valence-electron chi connectivity index (χ3n) is 4.89. The lowest BCUT2D eigenvalue weighted by molar-refractivity contribution is 0.0204.